The molecule has 2 aromatic rings. The van der Waals surface area contributed by atoms with E-state index in [-0.39, 0.29) is 17.6 Å². The fraction of sp³-hybridized carbons (Fsp3) is 0.421. The summed E-state index contributed by atoms with van der Waals surface area (Å²) >= 11 is 0. The Morgan fingerprint density at radius 2 is 1.85 bits per heavy atom. The molecule has 8 heteroatoms. The molecule has 0 saturated heterocycles. The molecule has 0 atom stereocenters. The third-order valence-corrected chi connectivity index (χ3v) is 5.48. The van der Waals surface area contributed by atoms with Crippen molar-refractivity contribution in [2.24, 2.45) is 5.73 Å². The second-order valence-electron chi connectivity index (χ2n) is 7.23. The first-order valence-corrected chi connectivity index (χ1v) is 9.17. The number of benzene rings is 1. The molecule has 1 aliphatic heterocycles. The van der Waals surface area contributed by atoms with Crippen LogP contribution in [-0.4, -0.2) is 32.7 Å². The minimum atomic E-state index is -0.688. The maximum atomic E-state index is 12.1. The van der Waals surface area contributed by atoms with Gasteiger partial charge in [-0.3, -0.25) is 9.47 Å². The summed E-state index contributed by atoms with van der Waals surface area (Å²) in [5.74, 6) is 0.222. The van der Waals surface area contributed by atoms with Gasteiger partial charge < -0.3 is 16.2 Å². The molecule has 1 fully saturated rings. The van der Waals surface area contributed by atoms with Gasteiger partial charge >= 0.3 is 11.8 Å². The molecule has 1 aromatic carbocycles. The molecular weight excluding hydrogens is 346 g/mol. The predicted molar refractivity (Wildman–Crippen MR) is 100 cm³/mol. The van der Waals surface area contributed by atoms with Crippen LogP contribution in [0.1, 0.15) is 36.8 Å². The van der Waals surface area contributed by atoms with Gasteiger partial charge in [0.15, 0.2) is 0 Å². The van der Waals surface area contributed by atoms with Crippen LogP contribution in [0.25, 0.3) is 5.69 Å². The summed E-state index contributed by atoms with van der Waals surface area (Å²) in [6.07, 6.45) is 4.57. The first-order chi connectivity index (χ1) is 13.0. The van der Waals surface area contributed by atoms with Crippen molar-refractivity contribution < 1.29 is 9.53 Å². The number of nitrogens with two attached hydrogens (primary N) is 2. The summed E-state index contributed by atoms with van der Waals surface area (Å²) in [4.78, 5) is 29.2. The fourth-order valence-electron chi connectivity index (χ4n) is 4.12. The zero-order valence-electron chi connectivity index (χ0n) is 15.0. The number of nitrogens with zero attached hydrogens (tertiary/aromatic N) is 3. The molecule has 0 radical (unpaired) electrons. The standard InChI is InChI=1S/C19H23N5O3/c20-17-7-8-24(19(26)22-17)15-2-1-12-10-23(11-13(12)9-15)14-3-5-16(6-4-14)27-18(21)25/h1-2,7-9,14,16H,3-6,10-11H2,(H2,21,25)(H2,20,22,26). The van der Waals surface area contributed by atoms with Gasteiger partial charge in [0.1, 0.15) is 11.9 Å². The van der Waals surface area contributed by atoms with Gasteiger partial charge in [0, 0.05) is 25.3 Å². The largest absolute Gasteiger partial charge is 0.446 e. The van der Waals surface area contributed by atoms with Crippen LogP contribution in [0.2, 0.25) is 0 Å². The van der Waals surface area contributed by atoms with Crippen molar-refractivity contribution >= 4 is 11.9 Å². The van der Waals surface area contributed by atoms with E-state index < -0.39 is 6.09 Å². The van der Waals surface area contributed by atoms with Crippen molar-refractivity contribution in [1.29, 1.82) is 0 Å². The van der Waals surface area contributed by atoms with E-state index in [1.54, 1.807) is 12.3 Å². The van der Waals surface area contributed by atoms with Gasteiger partial charge in [-0.25, -0.2) is 9.59 Å². The van der Waals surface area contributed by atoms with Crippen LogP contribution in [0.3, 0.4) is 0 Å². The smallest absolute Gasteiger partial charge is 0.404 e. The number of ether oxygens (including phenoxy) is 1. The van der Waals surface area contributed by atoms with E-state index in [9.17, 15) is 9.59 Å². The third kappa shape index (κ3) is 3.66. The van der Waals surface area contributed by atoms with Crippen molar-refractivity contribution in [3.05, 3.63) is 52.1 Å². The Bertz CT molecular complexity index is 918. The molecule has 2 heterocycles. The van der Waals surface area contributed by atoms with Gasteiger partial charge in [0.05, 0.1) is 5.69 Å². The summed E-state index contributed by atoms with van der Waals surface area (Å²) in [6, 6.07) is 8.16. The Kier molecular flexibility index (Phi) is 4.57. The lowest BCUT2D eigenvalue weighted by Gasteiger charge is -2.33. The quantitative estimate of drug-likeness (QED) is 0.848. The van der Waals surface area contributed by atoms with E-state index in [1.165, 1.54) is 15.7 Å². The lowest BCUT2D eigenvalue weighted by atomic mass is 9.92. The van der Waals surface area contributed by atoms with Crippen LogP contribution in [0.4, 0.5) is 10.6 Å². The number of nitrogen functional groups attached to an aromatic ring is 1. The highest BCUT2D eigenvalue weighted by atomic mass is 16.6. The maximum Gasteiger partial charge on any atom is 0.404 e. The highest BCUT2D eigenvalue weighted by molar-refractivity contribution is 5.64. The highest BCUT2D eigenvalue weighted by Gasteiger charge is 2.31. The van der Waals surface area contributed by atoms with Gasteiger partial charge in [0.2, 0.25) is 0 Å². The van der Waals surface area contributed by atoms with Crippen LogP contribution < -0.4 is 17.2 Å². The molecule has 2 aliphatic rings. The number of anilines is 1. The topological polar surface area (TPSA) is 116 Å². The summed E-state index contributed by atoms with van der Waals surface area (Å²) in [5.41, 5.74) is 13.6. The van der Waals surface area contributed by atoms with Gasteiger partial charge in [-0.1, -0.05) is 6.07 Å². The van der Waals surface area contributed by atoms with Crippen molar-refractivity contribution in [1.82, 2.24) is 14.5 Å². The average molecular weight is 369 g/mol. The third-order valence-electron chi connectivity index (χ3n) is 5.48. The molecule has 142 valence electrons. The fourth-order valence-corrected chi connectivity index (χ4v) is 4.12. The number of carbonyl (C=O) groups excluding carboxylic acids is 1. The normalized spacial score (nSPS) is 22.4. The number of primary amides is 1. The van der Waals surface area contributed by atoms with E-state index >= 15 is 0 Å². The zero-order valence-corrected chi connectivity index (χ0v) is 15.0. The van der Waals surface area contributed by atoms with E-state index in [0.717, 1.165) is 44.5 Å². The van der Waals surface area contributed by atoms with Crippen LogP contribution in [-0.2, 0) is 17.8 Å². The Morgan fingerprint density at radius 1 is 1.11 bits per heavy atom. The van der Waals surface area contributed by atoms with Crippen molar-refractivity contribution in [3.8, 4) is 5.69 Å². The highest BCUT2D eigenvalue weighted by Crippen LogP contribution is 2.32. The number of amides is 1. The van der Waals surface area contributed by atoms with Crippen molar-refractivity contribution in [2.45, 2.75) is 50.9 Å². The Morgan fingerprint density at radius 3 is 2.56 bits per heavy atom. The molecule has 1 aliphatic carbocycles. The summed E-state index contributed by atoms with van der Waals surface area (Å²) < 4.78 is 6.63. The van der Waals surface area contributed by atoms with Gasteiger partial charge in [-0.05, 0) is 55.0 Å². The molecule has 8 nitrogen and oxygen atoms in total. The molecule has 0 spiro atoms. The zero-order chi connectivity index (χ0) is 19.0. The second-order valence-corrected chi connectivity index (χ2v) is 7.23. The van der Waals surface area contributed by atoms with Crippen molar-refractivity contribution in [3.63, 3.8) is 0 Å². The molecule has 4 rings (SSSR count). The molecule has 1 aromatic heterocycles. The Hall–Kier alpha value is -2.87. The van der Waals surface area contributed by atoms with E-state index in [4.69, 9.17) is 16.2 Å². The Balaban J connectivity index is 1.45. The van der Waals surface area contributed by atoms with Gasteiger partial charge in [-0.15, -0.1) is 0 Å². The van der Waals surface area contributed by atoms with Crippen LogP contribution in [0, 0.1) is 0 Å². The minimum Gasteiger partial charge on any atom is -0.446 e. The first kappa shape index (κ1) is 17.5. The maximum absolute atomic E-state index is 12.1. The van der Waals surface area contributed by atoms with E-state index in [2.05, 4.69) is 22.0 Å². The molecule has 27 heavy (non-hydrogen) atoms. The van der Waals surface area contributed by atoms with Crippen molar-refractivity contribution in [2.75, 3.05) is 5.73 Å². The lowest BCUT2D eigenvalue weighted by Crippen LogP contribution is -2.37. The second kappa shape index (κ2) is 7.03. The molecule has 0 bridgehead atoms. The SMILES string of the molecule is NC(=O)OC1CCC(N2Cc3ccc(-n4ccc(N)nc4=O)cc3C2)CC1. The lowest BCUT2D eigenvalue weighted by molar-refractivity contribution is 0.0516. The average Bonchev–Trinajstić information content (AvgIpc) is 3.05. The Labute approximate surface area is 156 Å². The molecule has 4 N–H and O–H groups in total. The molecule has 1 amide bonds. The van der Waals surface area contributed by atoms with E-state index in [1.807, 2.05) is 6.07 Å². The molecule has 1 saturated carbocycles. The number of hydrogen-bond acceptors (Lipinski definition) is 6. The minimum absolute atomic E-state index is 0.0553. The summed E-state index contributed by atoms with van der Waals surface area (Å²) in [6.45, 7) is 1.75. The number of carbonyl (C=O) groups is 1. The van der Waals surface area contributed by atoms with Gasteiger partial charge in [-0.2, -0.15) is 4.98 Å². The summed E-state index contributed by atoms with van der Waals surface area (Å²) in [7, 11) is 0. The monoisotopic (exact) mass is 369 g/mol. The molecular formula is C19H23N5O3. The van der Waals surface area contributed by atoms with Gasteiger partial charge in [0.25, 0.3) is 0 Å². The summed E-state index contributed by atoms with van der Waals surface area (Å²) in [5, 5.41) is 0. The number of hydrogen-bond donors (Lipinski definition) is 2. The molecule has 0 unspecified atom stereocenters. The number of aromatic nitrogens is 2. The first-order valence-electron chi connectivity index (χ1n) is 9.17. The van der Waals surface area contributed by atoms with Crippen LogP contribution in [0.5, 0.6) is 0 Å². The van der Waals surface area contributed by atoms with E-state index in [0.29, 0.717) is 6.04 Å². The predicted octanol–water partition coefficient (Wildman–Crippen LogP) is 1.54. The number of fused-ring (bicyclic) bond motifs is 1. The number of rotatable bonds is 3. The van der Waals surface area contributed by atoms with Crippen LogP contribution in [0.15, 0.2) is 35.3 Å². The van der Waals surface area contributed by atoms with Crippen LogP contribution >= 0.6 is 0 Å².